The van der Waals surface area contributed by atoms with E-state index in [-0.39, 0.29) is 17.6 Å². The van der Waals surface area contributed by atoms with Gasteiger partial charge in [0.1, 0.15) is 0 Å². The van der Waals surface area contributed by atoms with E-state index in [0.29, 0.717) is 28.9 Å². The molecule has 4 atom stereocenters. The number of rotatable bonds is 7. The lowest BCUT2D eigenvalue weighted by Gasteiger charge is -2.39. The molecule has 0 aromatic heterocycles. The van der Waals surface area contributed by atoms with E-state index in [0.717, 1.165) is 22.0 Å². The molecule has 1 spiro atoms. The van der Waals surface area contributed by atoms with Crippen molar-refractivity contribution in [2.24, 2.45) is 11.8 Å². The molecular formula is C37H36BrN3O3. The highest BCUT2D eigenvalue weighted by atomic mass is 79.9. The Labute approximate surface area is 267 Å². The minimum absolute atomic E-state index is 0.168. The highest BCUT2D eigenvalue weighted by molar-refractivity contribution is 9.10. The van der Waals surface area contributed by atoms with Crippen LogP contribution in [0.2, 0.25) is 0 Å². The summed E-state index contributed by atoms with van der Waals surface area (Å²) >= 11 is 3.61. The largest absolute Gasteiger partial charge is 0.323 e. The van der Waals surface area contributed by atoms with Gasteiger partial charge in [-0.1, -0.05) is 109 Å². The van der Waals surface area contributed by atoms with Gasteiger partial charge < -0.3 is 15.5 Å². The molecule has 3 amide bonds. The Kier molecular flexibility index (Phi) is 8.16. The fraction of sp³-hybridized carbons (Fsp3) is 0.270. The summed E-state index contributed by atoms with van der Waals surface area (Å²) < 4.78 is 0.761. The molecule has 2 N–H and O–H groups in total. The van der Waals surface area contributed by atoms with E-state index in [9.17, 15) is 14.4 Å². The topological polar surface area (TPSA) is 78.5 Å². The van der Waals surface area contributed by atoms with Crippen molar-refractivity contribution < 1.29 is 14.4 Å². The maximum absolute atomic E-state index is 14.9. The fourth-order valence-corrected chi connectivity index (χ4v) is 7.52. The number of hydrogen-bond donors (Lipinski definition) is 2. The molecule has 4 unspecified atom stereocenters. The third-order valence-corrected chi connectivity index (χ3v) is 9.49. The average molecular weight is 651 g/mol. The summed E-state index contributed by atoms with van der Waals surface area (Å²) in [6, 6.07) is 31.5. The van der Waals surface area contributed by atoms with Crippen molar-refractivity contribution in [3.05, 3.63) is 130 Å². The summed E-state index contributed by atoms with van der Waals surface area (Å²) in [6.45, 7) is 6.31. The standard InChI is InChI=1S/C37H36BrN3O3/c1-4-24-15-18-28(19-16-24)39-36(44)41-31(21-23(2)3)32(25-11-7-5-8-12-25)33(34(42)26-13-9-6-10-14-26)37(41)29-22-27(38)17-20-30(29)40-35(37)43/h5-20,22-23,31-33H,4,21H2,1-3H3,(H,39,44)(H,40,43). The van der Waals surface area contributed by atoms with Crippen LogP contribution in [-0.4, -0.2) is 28.7 Å². The van der Waals surface area contributed by atoms with Crippen LogP contribution in [0.1, 0.15) is 60.2 Å². The molecule has 0 bridgehead atoms. The summed E-state index contributed by atoms with van der Waals surface area (Å²) in [6.07, 6.45) is 1.48. The fourth-order valence-electron chi connectivity index (χ4n) is 7.16. The maximum atomic E-state index is 14.9. The number of anilines is 2. The number of aryl methyl sites for hydroxylation is 1. The summed E-state index contributed by atoms with van der Waals surface area (Å²) in [7, 11) is 0. The van der Waals surface area contributed by atoms with E-state index in [4.69, 9.17) is 0 Å². The maximum Gasteiger partial charge on any atom is 0.323 e. The Morgan fingerprint density at radius 1 is 0.932 bits per heavy atom. The number of amides is 3. The van der Waals surface area contributed by atoms with Gasteiger partial charge in [0.15, 0.2) is 11.3 Å². The summed E-state index contributed by atoms with van der Waals surface area (Å²) in [5.74, 6) is -1.70. The molecule has 7 heteroatoms. The molecule has 2 heterocycles. The Balaban J connectivity index is 1.63. The molecule has 4 aromatic carbocycles. The number of urea groups is 1. The molecule has 1 saturated heterocycles. The van der Waals surface area contributed by atoms with Gasteiger partial charge in [-0.25, -0.2) is 4.79 Å². The minimum atomic E-state index is -1.60. The number of nitrogens with zero attached hydrogens (tertiary/aromatic N) is 1. The van der Waals surface area contributed by atoms with Crippen LogP contribution in [0.3, 0.4) is 0 Å². The number of fused-ring (bicyclic) bond motifs is 2. The first-order valence-corrected chi connectivity index (χ1v) is 16.0. The smallest absolute Gasteiger partial charge is 0.323 e. The number of ketones is 1. The lowest BCUT2D eigenvalue weighted by molar-refractivity contribution is -0.126. The number of carbonyl (C=O) groups excluding carboxylic acids is 3. The molecular weight excluding hydrogens is 614 g/mol. The van der Waals surface area contributed by atoms with Crippen LogP contribution in [0, 0.1) is 11.8 Å². The summed E-state index contributed by atoms with van der Waals surface area (Å²) in [4.78, 5) is 46.0. The highest BCUT2D eigenvalue weighted by Crippen LogP contribution is 2.60. The number of nitrogens with one attached hydrogen (secondary N) is 2. The number of hydrogen-bond acceptors (Lipinski definition) is 3. The van der Waals surface area contributed by atoms with Crippen molar-refractivity contribution in [3.63, 3.8) is 0 Å². The predicted octanol–water partition coefficient (Wildman–Crippen LogP) is 8.40. The number of likely N-dealkylation sites (tertiary alicyclic amines) is 1. The lowest BCUT2D eigenvalue weighted by Crippen LogP contribution is -2.57. The van der Waals surface area contributed by atoms with Gasteiger partial charge in [0.05, 0.1) is 5.92 Å². The van der Waals surface area contributed by atoms with Gasteiger partial charge in [-0.2, -0.15) is 0 Å². The van der Waals surface area contributed by atoms with Gasteiger partial charge in [0.25, 0.3) is 5.91 Å². The molecule has 0 radical (unpaired) electrons. The summed E-state index contributed by atoms with van der Waals surface area (Å²) in [5, 5.41) is 6.18. The monoisotopic (exact) mass is 649 g/mol. The van der Waals surface area contributed by atoms with E-state index in [1.54, 1.807) is 17.0 Å². The molecule has 6 nitrogen and oxygen atoms in total. The molecule has 224 valence electrons. The van der Waals surface area contributed by atoms with Gasteiger partial charge >= 0.3 is 6.03 Å². The van der Waals surface area contributed by atoms with E-state index in [2.05, 4.69) is 47.3 Å². The second kappa shape index (κ2) is 12.0. The Hall–Kier alpha value is -4.23. The van der Waals surface area contributed by atoms with Crippen LogP contribution in [0.5, 0.6) is 0 Å². The minimum Gasteiger partial charge on any atom is -0.323 e. The number of halogens is 1. The second-order valence-electron chi connectivity index (χ2n) is 12.1. The molecule has 1 fully saturated rings. The van der Waals surface area contributed by atoms with E-state index in [1.165, 1.54) is 0 Å². The van der Waals surface area contributed by atoms with Gasteiger partial charge in [0.2, 0.25) is 0 Å². The Morgan fingerprint density at radius 3 is 2.23 bits per heavy atom. The van der Waals surface area contributed by atoms with Crippen LogP contribution < -0.4 is 10.6 Å². The quantitative estimate of drug-likeness (QED) is 0.197. The normalized spacial score (nSPS) is 22.2. The van der Waals surface area contributed by atoms with Crippen LogP contribution >= 0.6 is 15.9 Å². The molecule has 44 heavy (non-hydrogen) atoms. The van der Waals surface area contributed by atoms with E-state index in [1.807, 2.05) is 91.0 Å². The van der Waals surface area contributed by atoms with Crippen molar-refractivity contribution in [2.75, 3.05) is 10.6 Å². The zero-order valence-corrected chi connectivity index (χ0v) is 26.7. The first kappa shape index (κ1) is 29.8. The van der Waals surface area contributed by atoms with Crippen molar-refractivity contribution >= 4 is 45.0 Å². The molecule has 4 aromatic rings. The van der Waals surface area contributed by atoms with E-state index >= 15 is 0 Å². The first-order valence-electron chi connectivity index (χ1n) is 15.2. The second-order valence-corrected chi connectivity index (χ2v) is 13.0. The molecule has 2 aliphatic heterocycles. The highest BCUT2D eigenvalue weighted by Gasteiger charge is 2.70. The van der Waals surface area contributed by atoms with Crippen molar-refractivity contribution in [1.29, 1.82) is 0 Å². The molecule has 0 aliphatic carbocycles. The van der Waals surface area contributed by atoms with Crippen LogP contribution in [0.15, 0.2) is 108 Å². The van der Waals surface area contributed by atoms with Crippen LogP contribution in [0.25, 0.3) is 0 Å². The van der Waals surface area contributed by atoms with Gasteiger partial charge in [0, 0.05) is 38.9 Å². The number of carbonyl (C=O) groups is 3. The van der Waals surface area contributed by atoms with E-state index < -0.39 is 29.4 Å². The third-order valence-electron chi connectivity index (χ3n) is 8.99. The summed E-state index contributed by atoms with van der Waals surface area (Å²) in [5.41, 5.74) is 2.85. The average Bonchev–Trinajstić information content (AvgIpc) is 3.48. The number of Topliss-reactive ketones (excluding diaryl/α,β-unsaturated/α-hetero) is 1. The SMILES string of the molecule is CCc1ccc(NC(=O)N2C(CC(C)C)C(c3ccccc3)C(C(=O)c3ccccc3)C23C(=O)Nc2ccc(Br)cc23)cc1. The molecule has 2 aliphatic rings. The molecule has 6 rings (SSSR count). The molecule has 0 saturated carbocycles. The number of benzene rings is 4. The van der Waals surface area contributed by atoms with Gasteiger partial charge in [-0.05, 0) is 60.2 Å². The van der Waals surface area contributed by atoms with Gasteiger partial charge in [-0.15, -0.1) is 0 Å². The Morgan fingerprint density at radius 2 is 1.59 bits per heavy atom. The van der Waals surface area contributed by atoms with Gasteiger partial charge in [-0.3, -0.25) is 9.59 Å². The zero-order chi connectivity index (χ0) is 31.0. The zero-order valence-electron chi connectivity index (χ0n) is 25.1. The first-order chi connectivity index (χ1) is 21.2. The van der Waals surface area contributed by atoms with Crippen molar-refractivity contribution in [1.82, 2.24) is 4.90 Å². The predicted molar refractivity (Wildman–Crippen MR) is 178 cm³/mol. The van der Waals surface area contributed by atoms with Crippen LogP contribution in [0.4, 0.5) is 16.2 Å². The van der Waals surface area contributed by atoms with Crippen LogP contribution in [-0.2, 0) is 16.8 Å². The Bertz CT molecular complexity index is 1690. The van der Waals surface area contributed by atoms with Crippen molar-refractivity contribution in [3.8, 4) is 0 Å². The third kappa shape index (κ3) is 5.03. The van der Waals surface area contributed by atoms with Crippen molar-refractivity contribution in [2.45, 2.75) is 51.1 Å². The lowest BCUT2D eigenvalue weighted by atomic mass is 9.69.